The van der Waals surface area contributed by atoms with Gasteiger partial charge in [-0.1, -0.05) is 6.07 Å². The summed E-state index contributed by atoms with van der Waals surface area (Å²) >= 11 is 0. The summed E-state index contributed by atoms with van der Waals surface area (Å²) in [5, 5.41) is 8.58. The van der Waals surface area contributed by atoms with Gasteiger partial charge >= 0.3 is 6.18 Å². The van der Waals surface area contributed by atoms with E-state index in [1.54, 1.807) is 17.3 Å². The van der Waals surface area contributed by atoms with E-state index in [4.69, 9.17) is 4.74 Å². The van der Waals surface area contributed by atoms with Crippen LogP contribution in [0.5, 0.6) is 5.75 Å². The number of carbonyl (C=O) groups is 1. The second kappa shape index (κ2) is 9.43. The number of rotatable bonds is 5. The van der Waals surface area contributed by atoms with Crippen molar-refractivity contribution in [2.24, 2.45) is 0 Å². The smallest absolute Gasteiger partial charge is 0.416 e. The minimum atomic E-state index is -4.47. The lowest BCUT2D eigenvalue weighted by Crippen LogP contribution is -2.52. The molecule has 1 amide bonds. The van der Waals surface area contributed by atoms with Crippen LogP contribution in [-0.2, 0) is 11.0 Å². The summed E-state index contributed by atoms with van der Waals surface area (Å²) in [6.45, 7) is 3.56. The van der Waals surface area contributed by atoms with Crippen molar-refractivity contribution >= 4 is 11.7 Å². The third-order valence-electron chi connectivity index (χ3n) is 5.36. The largest absolute Gasteiger partial charge is 0.481 e. The van der Waals surface area contributed by atoms with Gasteiger partial charge in [0.2, 0.25) is 0 Å². The van der Waals surface area contributed by atoms with Crippen molar-refractivity contribution in [2.75, 3.05) is 31.1 Å². The van der Waals surface area contributed by atoms with Gasteiger partial charge in [0.05, 0.1) is 11.3 Å². The summed E-state index contributed by atoms with van der Waals surface area (Å²) in [5.74, 6) is 0.452. The zero-order chi connectivity index (χ0) is 23.4. The molecule has 33 heavy (non-hydrogen) atoms. The SMILES string of the molecule is CC(Oc1cccc(C(F)(F)F)c1)C(=O)N1CCN(c2ccc(-c3ccncc3)nn2)CC1. The van der Waals surface area contributed by atoms with Crippen LogP contribution in [0.3, 0.4) is 0 Å². The molecular formula is C23H22F3N5O2. The molecule has 0 aliphatic carbocycles. The number of alkyl halides is 3. The van der Waals surface area contributed by atoms with Crippen molar-refractivity contribution < 1.29 is 22.7 Å². The van der Waals surface area contributed by atoms with Crippen molar-refractivity contribution in [1.82, 2.24) is 20.1 Å². The molecule has 0 saturated carbocycles. The molecule has 0 radical (unpaired) electrons. The molecule has 1 aliphatic heterocycles. The summed E-state index contributed by atoms with van der Waals surface area (Å²) in [5.41, 5.74) is 0.856. The molecule has 1 aliphatic rings. The number of hydrogen-bond donors (Lipinski definition) is 0. The van der Waals surface area contributed by atoms with E-state index in [1.165, 1.54) is 19.1 Å². The molecule has 1 atom stereocenters. The summed E-state index contributed by atoms with van der Waals surface area (Å²) in [6.07, 6.45) is -1.99. The Balaban J connectivity index is 1.32. The Morgan fingerprint density at radius 1 is 1.00 bits per heavy atom. The van der Waals surface area contributed by atoms with E-state index in [0.29, 0.717) is 32.0 Å². The van der Waals surface area contributed by atoms with Gasteiger partial charge in [0.15, 0.2) is 11.9 Å². The number of aromatic nitrogens is 3. The second-order valence-electron chi connectivity index (χ2n) is 7.61. The molecule has 10 heteroatoms. The topological polar surface area (TPSA) is 71.5 Å². The van der Waals surface area contributed by atoms with Crippen LogP contribution in [0.4, 0.5) is 19.0 Å². The van der Waals surface area contributed by atoms with Crippen LogP contribution in [0.25, 0.3) is 11.3 Å². The maximum Gasteiger partial charge on any atom is 0.416 e. The molecule has 1 fully saturated rings. The number of pyridine rings is 1. The van der Waals surface area contributed by atoms with E-state index >= 15 is 0 Å². The van der Waals surface area contributed by atoms with Gasteiger partial charge in [-0.2, -0.15) is 13.2 Å². The van der Waals surface area contributed by atoms with Crippen LogP contribution >= 0.6 is 0 Å². The van der Waals surface area contributed by atoms with Gasteiger partial charge in [0.25, 0.3) is 5.91 Å². The maximum absolute atomic E-state index is 12.9. The molecule has 1 saturated heterocycles. The zero-order valence-corrected chi connectivity index (χ0v) is 17.9. The number of nitrogens with zero attached hydrogens (tertiary/aromatic N) is 5. The van der Waals surface area contributed by atoms with Gasteiger partial charge in [-0.05, 0) is 49.4 Å². The second-order valence-corrected chi connectivity index (χ2v) is 7.61. The number of amides is 1. The van der Waals surface area contributed by atoms with E-state index < -0.39 is 17.8 Å². The fourth-order valence-corrected chi connectivity index (χ4v) is 3.58. The third-order valence-corrected chi connectivity index (χ3v) is 5.36. The van der Waals surface area contributed by atoms with Gasteiger partial charge < -0.3 is 14.5 Å². The lowest BCUT2D eigenvalue weighted by atomic mass is 10.2. The fraction of sp³-hybridized carbons (Fsp3) is 0.304. The highest BCUT2D eigenvalue weighted by Crippen LogP contribution is 2.31. The van der Waals surface area contributed by atoms with Crippen LogP contribution in [0.1, 0.15) is 12.5 Å². The van der Waals surface area contributed by atoms with E-state index in [0.717, 1.165) is 23.4 Å². The van der Waals surface area contributed by atoms with Crippen molar-refractivity contribution in [2.45, 2.75) is 19.2 Å². The monoisotopic (exact) mass is 457 g/mol. The molecule has 7 nitrogen and oxygen atoms in total. The summed E-state index contributed by atoms with van der Waals surface area (Å²) < 4.78 is 44.2. The van der Waals surface area contributed by atoms with Crippen LogP contribution in [-0.4, -0.2) is 58.3 Å². The number of piperazine rings is 1. The van der Waals surface area contributed by atoms with Crippen LogP contribution in [0, 0.1) is 0 Å². The van der Waals surface area contributed by atoms with Crippen molar-refractivity contribution in [3.63, 3.8) is 0 Å². The summed E-state index contributed by atoms with van der Waals surface area (Å²) in [7, 11) is 0. The Kier molecular flexibility index (Phi) is 6.43. The predicted octanol–water partition coefficient (Wildman–Crippen LogP) is 3.67. The molecule has 2 aromatic heterocycles. The molecule has 4 rings (SSSR count). The minimum Gasteiger partial charge on any atom is -0.481 e. The lowest BCUT2D eigenvalue weighted by Gasteiger charge is -2.36. The van der Waals surface area contributed by atoms with Crippen molar-refractivity contribution in [3.8, 4) is 17.0 Å². The first-order valence-corrected chi connectivity index (χ1v) is 10.4. The average molecular weight is 457 g/mol. The van der Waals surface area contributed by atoms with Crippen LogP contribution in [0.2, 0.25) is 0 Å². The number of carbonyl (C=O) groups excluding carboxylic acids is 1. The first-order valence-electron chi connectivity index (χ1n) is 10.4. The Hall–Kier alpha value is -3.69. The highest BCUT2D eigenvalue weighted by molar-refractivity contribution is 5.81. The van der Waals surface area contributed by atoms with Gasteiger partial charge in [0.1, 0.15) is 5.75 Å². The third kappa shape index (κ3) is 5.39. The molecular weight excluding hydrogens is 435 g/mol. The molecule has 0 bridgehead atoms. The Morgan fingerprint density at radius 3 is 2.36 bits per heavy atom. The van der Waals surface area contributed by atoms with E-state index in [2.05, 4.69) is 15.2 Å². The Labute approximate surface area is 188 Å². The van der Waals surface area contributed by atoms with Gasteiger partial charge in [-0.25, -0.2) is 0 Å². The standard InChI is InChI=1S/C23H22F3N5O2/c1-16(33-19-4-2-3-18(15-19)23(24,25)26)22(32)31-13-11-30(12-14-31)21-6-5-20(28-29-21)17-7-9-27-10-8-17/h2-10,15-16H,11-14H2,1H3. The number of benzene rings is 1. The summed E-state index contributed by atoms with van der Waals surface area (Å²) in [6, 6.07) is 12.0. The number of ether oxygens (including phenoxy) is 1. The molecule has 0 spiro atoms. The molecule has 3 aromatic rings. The number of hydrogen-bond acceptors (Lipinski definition) is 6. The van der Waals surface area contributed by atoms with Gasteiger partial charge in [-0.3, -0.25) is 9.78 Å². The zero-order valence-electron chi connectivity index (χ0n) is 17.9. The first kappa shape index (κ1) is 22.5. The minimum absolute atomic E-state index is 0.00822. The number of halogens is 3. The van der Waals surface area contributed by atoms with Crippen LogP contribution < -0.4 is 9.64 Å². The van der Waals surface area contributed by atoms with Gasteiger partial charge in [0, 0.05) is 44.1 Å². The van der Waals surface area contributed by atoms with Gasteiger partial charge in [-0.15, -0.1) is 10.2 Å². The molecule has 3 heterocycles. The Bertz CT molecular complexity index is 1090. The molecule has 1 aromatic carbocycles. The van der Waals surface area contributed by atoms with Crippen molar-refractivity contribution in [3.05, 3.63) is 66.5 Å². The van der Waals surface area contributed by atoms with E-state index in [1.807, 2.05) is 29.2 Å². The Morgan fingerprint density at radius 2 is 1.73 bits per heavy atom. The molecule has 172 valence electrons. The average Bonchev–Trinajstić information content (AvgIpc) is 2.84. The predicted molar refractivity (Wildman–Crippen MR) is 116 cm³/mol. The number of anilines is 1. The highest BCUT2D eigenvalue weighted by atomic mass is 19.4. The first-order chi connectivity index (χ1) is 15.8. The maximum atomic E-state index is 12.9. The van der Waals surface area contributed by atoms with E-state index in [-0.39, 0.29) is 11.7 Å². The van der Waals surface area contributed by atoms with E-state index in [9.17, 15) is 18.0 Å². The normalized spacial score (nSPS) is 15.3. The fourth-order valence-electron chi connectivity index (χ4n) is 3.58. The van der Waals surface area contributed by atoms with Crippen LogP contribution in [0.15, 0.2) is 60.9 Å². The molecule has 1 unspecified atom stereocenters. The quantitative estimate of drug-likeness (QED) is 0.582. The summed E-state index contributed by atoms with van der Waals surface area (Å²) in [4.78, 5) is 20.4. The van der Waals surface area contributed by atoms with Crippen molar-refractivity contribution in [1.29, 1.82) is 0 Å². The lowest BCUT2D eigenvalue weighted by molar-refractivity contribution is -0.138. The molecule has 0 N–H and O–H groups in total. The highest BCUT2D eigenvalue weighted by Gasteiger charge is 2.31.